The lowest BCUT2D eigenvalue weighted by Gasteiger charge is -2.17. The summed E-state index contributed by atoms with van der Waals surface area (Å²) in [5, 5.41) is 15.0. The molecule has 2 aromatic rings. The quantitative estimate of drug-likeness (QED) is 0.647. The molecule has 2 amide bonds. The van der Waals surface area contributed by atoms with E-state index in [1.54, 1.807) is 49.5 Å². The zero-order valence-electron chi connectivity index (χ0n) is 14.9. The van der Waals surface area contributed by atoms with E-state index in [-0.39, 0.29) is 24.7 Å². The number of carbonyl (C=O) groups excluding carboxylic acids is 2. The first-order chi connectivity index (χ1) is 12.9. The Morgan fingerprint density at radius 1 is 1.11 bits per heavy atom. The average molecular weight is 389 g/mol. The summed E-state index contributed by atoms with van der Waals surface area (Å²) < 4.78 is 0. The molecule has 7 heteroatoms. The molecule has 0 aliphatic heterocycles. The number of hydrogen-bond acceptors (Lipinski definition) is 3. The number of rotatable bonds is 8. The van der Waals surface area contributed by atoms with Crippen LogP contribution in [0.4, 0.5) is 0 Å². The Morgan fingerprint density at radius 3 is 2.44 bits per heavy atom. The third kappa shape index (κ3) is 6.42. The highest BCUT2D eigenvalue weighted by atomic mass is 35.5. The smallest absolute Gasteiger partial charge is 0.305 e. The standard InChI is InChI=1S/C20H21ClN2O4/c1-22-20(27)15-4-2-3-13(11-15)5-10-18(24)23-17(12-19(25)26)14-6-8-16(21)9-7-14/h2-4,6-9,11,17H,5,10,12H2,1H3,(H,22,27)(H,23,24)(H,25,26)/t17-/m0/s1. The summed E-state index contributed by atoms with van der Waals surface area (Å²) in [6.07, 6.45) is 0.400. The number of carbonyl (C=O) groups is 3. The zero-order chi connectivity index (χ0) is 19.8. The molecular weight excluding hydrogens is 368 g/mol. The SMILES string of the molecule is CNC(=O)c1cccc(CCC(=O)N[C@@H](CC(=O)O)c2ccc(Cl)cc2)c1. The molecule has 0 spiro atoms. The van der Waals surface area contributed by atoms with Gasteiger partial charge in [0.05, 0.1) is 12.5 Å². The molecule has 0 unspecified atom stereocenters. The number of hydrogen-bond donors (Lipinski definition) is 3. The van der Waals surface area contributed by atoms with Crippen molar-refractivity contribution in [2.24, 2.45) is 0 Å². The summed E-state index contributed by atoms with van der Waals surface area (Å²) in [5.74, 6) is -1.46. The van der Waals surface area contributed by atoms with Crippen LogP contribution in [0.25, 0.3) is 0 Å². The molecule has 27 heavy (non-hydrogen) atoms. The van der Waals surface area contributed by atoms with Crippen molar-refractivity contribution in [2.45, 2.75) is 25.3 Å². The first-order valence-corrected chi connectivity index (χ1v) is 8.84. The van der Waals surface area contributed by atoms with E-state index in [0.29, 0.717) is 22.6 Å². The van der Waals surface area contributed by atoms with Gasteiger partial charge in [0.2, 0.25) is 5.91 Å². The maximum atomic E-state index is 12.3. The largest absolute Gasteiger partial charge is 0.481 e. The van der Waals surface area contributed by atoms with E-state index in [1.165, 1.54) is 0 Å². The molecule has 0 bridgehead atoms. The maximum Gasteiger partial charge on any atom is 0.305 e. The van der Waals surface area contributed by atoms with Crippen LogP contribution in [0.15, 0.2) is 48.5 Å². The molecule has 2 rings (SSSR count). The highest BCUT2D eigenvalue weighted by molar-refractivity contribution is 6.30. The van der Waals surface area contributed by atoms with Crippen molar-refractivity contribution < 1.29 is 19.5 Å². The molecule has 0 fully saturated rings. The van der Waals surface area contributed by atoms with Crippen molar-refractivity contribution in [1.82, 2.24) is 10.6 Å². The molecule has 142 valence electrons. The Hall–Kier alpha value is -2.86. The van der Waals surface area contributed by atoms with Crippen LogP contribution in [0.3, 0.4) is 0 Å². The lowest BCUT2D eigenvalue weighted by atomic mass is 10.0. The molecule has 0 saturated carbocycles. The lowest BCUT2D eigenvalue weighted by Crippen LogP contribution is -2.30. The molecule has 3 N–H and O–H groups in total. The number of halogens is 1. The maximum absolute atomic E-state index is 12.3. The Kier molecular flexibility index (Phi) is 7.37. The topological polar surface area (TPSA) is 95.5 Å². The number of carboxylic acids is 1. The third-order valence-corrected chi connectivity index (χ3v) is 4.30. The number of aryl methyl sites for hydroxylation is 1. The molecular formula is C20H21ClN2O4. The van der Waals surface area contributed by atoms with Crippen molar-refractivity contribution in [2.75, 3.05) is 7.05 Å². The van der Waals surface area contributed by atoms with Crippen LogP contribution < -0.4 is 10.6 Å². The normalized spacial score (nSPS) is 11.5. The van der Waals surface area contributed by atoms with E-state index in [1.807, 2.05) is 6.07 Å². The van der Waals surface area contributed by atoms with Gasteiger partial charge in [-0.15, -0.1) is 0 Å². The summed E-state index contributed by atoms with van der Waals surface area (Å²) in [7, 11) is 1.56. The summed E-state index contributed by atoms with van der Waals surface area (Å²) in [6.45, 7) is 0. The van der Waals surface area contributed by atoms with Gasteiger partial charge in [0.25, 0.3) is 5.91 Å². The summed E-state index contributed by atoms with van der Waals surface area (Å²) in [5.41, 5.74) is 2.06. The Morgan fingerprint density at radius 2 is 1.81 bits per heavy atom. The second-order valence-corrected chi connectivity index (χ2v) is 6.49. The monoisotopic (exact) mass is 388 g/mol. The fraction of sp³-hybridized carbons (Fsp3) is 0.250. The van der Waals surface area contributed by atoms with Gasteiger partial charge >= 0.3 is 5.97 Å². The first-order valence-electron chi connectivity index (χ1n) is 8.46. The first kappa shape index (κ1) is 20.5. The number of aliphatic carboxylic acids is 1. The minimum absolute atomic E-state index is 0.181. The highest BCUT2D eigenvalue weighted by Gasteiger charge is 2.18. The molecule has 0 saturated heterocycles. The van der Waals surface area contributed by atoms with Gasteiger partial charge in [0, 0.05) is 24.1 Å². The Bertz CT molecular complexity index is 821. The van der Waals surface area contributed by atoms with Crippen molar-refractivity contribution in [3.05, 3.63) is 70.2 Å². The fourth-order valence-corrected chi connectivity index (χ4v) is 2.78. The third-order valence-electron chi connectivity index (χ3n) is 4.04. The van der Waals surface area contributed by atoms with Crippen LogP contribution in [-0.4, -0.2) is 29.9 Å². The van der Waals surface area contributed by atoms with E-state index >= 15 is 0 Å². The van der Waals surface area contributed by atoms with Gasteiger partial charge in [0.1, 0.15) is 0 Å². The van der Waals surface area contributed by atoms with Gasteiger partial charge in [-0.25, -0.2) is 0 Å². The Balaban J connectivity index is 2.00. The predicted octanol–water partition coefficient (Wildman–Crippen LogP) is 2.96. The van der Waals surface area contributed by atoms with Crippen LogP contribution in [-0.2, 0) is 16.0 Å². The average Bonchev–Trinajstić information content (AvgIpc) is 2.65. The molecule has 6 nitrogen and oxygen atoms in total. The molecule has 2 aromatic carbocycles. The van der Waals surface area contributed by atoms with E-state index < -0.39 is 12.0 Å². The second kappa shape index (κ2) is 9.73. The minimum Gasteiger partial charge on any atom is -0.481 e. The summed E-state index contributed by atoms with van der Waals surface area (Å²) in [6, 6.07) is 13.1. The van der Waals surface area contributed by atoms with Gasteiger partial charge < -0.3 is 15.7 Å². The van der Waals surface area contributed by atoms with Gasteiger partial charge in [-0.05, 0) is 41.8 Å². The molecule has 0 radical (unpaired) electrons. The van der Waals surface area contributed by atoms with Crippen LogP contribution >= 0.6 is 11.6 Å². The van der Waals surface area contributed by atoms with Crippen LogP contribution in [0.1, 0.15) is 40.4 Å². The van der Waals surface area contributed by atoms with E-state index in [0.717, 1.165) is 5.56 Å². The van der Waals surface area contributed by atoms with Gasteiger partial charge in [-0.1, -0.05) is 35.9 Å². The van der Waals surface area contributed by atoms with Crippen LogP contribution in [0.2, 0.25) is 5.02 Å². The van der Waals surface area contributed by atoms with Crippen molar-refractivity contribution in [3.8, 4) is 0 Å². The van der Waals surface area contributed by atoms with Crippen molar-refractivity contribution in [1.29, 1.82) is 0 Å². The van der Waals surface area contributed by atoms with Gasteiger partial charge in [-0.2, -0.15) is 0 Å². The van der Waals surface area contributed by atoms with E-state index in [4.69, 9.17) is 16.7 Å². The molecule has 0 heterocycles. The zero-order valence-corrected chi connectivity index (χ0v) is 15.6. The molecule has 1 atom stereocenters. The van der Waals surface area contributed by atoms with Gasteiger partial charge in [0.15, 0.2) is 0 Å². The van der Waals surface area contributed by atoms with E-state index in [2.05, 4.69) is 10.6 Å². The number of nitrogens with one attached hydrogen (secondary N) is 2. The van der Waals surface area contributed by atoms with Crippen LogP contribution in [0.5, 0.6) is 0 Å². The van der Waals surface area contributed by atoms with Crippen LogP contribution in [0, 0.1) is 0 Å². The van der Waals surface area contributed by atoms with Crippen molar-refractivity contribution >= 4 is 29.4 Å². The minimum atomic E-state index is -1.01. The number of benzene rings is 2. The van der Waals surface area contributed by atoms with E-state index in [9.17, 15) is 14.4 Å². The number of amides is 2. The van der Waals surface area contributed by atoms with Gasteiger partial charge in [-0.3, -0.25) is 14.4 Å². The lowest BCUT2D eigenvalue weighted by molar-refractivity contribution is -0.137. The fourth-order valence-electron chi connectivity index (χ4n) is 2.66. The number of carboxylic acid groups (broad SMARTS) is 1. The molecule has 0 aromatic heterocycles. The van der Waals surface area contributed by atoms with Crippen molar-refractivity contribution in [3.63, 3.8) is 0 Å². The molecule has 0 aliphatic carbocycles. The predicted molar refractivity (Wildman–Crippen MR) is 103 cm³/mol. The molecule has 0 aliphatic rings. The summed E-state index contributed by atoms with van der Waals surface area (Å²) in [4.78, 5) is 35.1. The Labute approximate surface area is 162 Å². The highest BCUT2D eigenvalue weighted by Crippen LogP contribution is 2.20. The summed E-state index contributed by atoms with van der Waals surface area (Å²) >= 11 is 5.86. The second-order valence-electron chi connectivity index (χ2n) is 6.05.